The summed E-state index contributed by atoms with van der Waals surface area (Å²) in [7, 11) is 0. The first kappa shape index (κ1) is 31.6. The molecule has 2 rings (SSSR count). The Kier molecular flexibility index (Phi) is 12.1. The van der Waals surface area contributed by atoms with Crippen LogP contribution in [0.4, 0.5) is 0 Å². The predicted molar refractivity (Wildman–Crippen MR) is 129 cm³/mol. The number of imide groups is 1. The first-order chi connectivity index (χ1) is 17.9. The Balaban J connectivity index is 1.58. The number of aliphatic hydroxyl groups is 1. The van der Waals surface area contributed by atoms with Crippen LogP contribution < -0.4 is 0 Å². The molecular formula is C25H40N2O11. The lowest BCUT2D eigenvalue weighted by atomic mass is 9.99. The van der Waals surface area contributed by atoms with Gasteiger partial charge in [0.15, 0.2) is 6.23 Å². The molecule has 2 saturated heterocycles. The van der Waals surface area contributed by atoms with Gasteiger partial charge in [-0.3, -0.25) is 14.4 Å². The standard InChI is InChI=1S/C25H40N2O11/c1-5-25(4,36-15-11-23(33)38-27-20(30)8-9-21(27)31)13-17-35-24(2,3)12-16-34-14-10-22(32)37-26-18(28)6-7-19(26)29/h18,28H,5-17H2,1-4H3. The summed E-state index contributed by atoms with van der Waals surface area (Å²) in [6.45, 7) is 8.65. The fourth-order valence-corrected chi connectivity index (χ4v) is 3.64. The Morgan fingerprint density at radius 3 is 2.08 bits per heavy atom. The van der Waals surface area contributed by atoms with Gasteiger partial charge in [0.1, 0.15) is 0 Å². The van der Waals surface area contributed by atoms with Gasteiger partial charge < -0.3 is 29.0 Å². The smallest absolute Gasteiger partial charge is 0.335 e. The average molecular weight is 545 g/mol. The van der Waals surface area contributed by atoms with Crippen LogP contribution in [0.3, 0.4) is 0 Å². The second-order valence-electron chi connectivity index (χ2n) is 10.1. The van der Waals surface area contributed by atoms with Gasteiger partial charge in [-0.25, -0.2) is 9.59 Å². The highest BCUT2D eigenvalue weighted by atomic mass is 16.7. The largest absolute Gasteiger partial charge is 0.381 e. The SMILES string of the molecule is CCC(C)(CCOC(C)(C)CCOCCC(=O)ON1C(=O)CCC1O)OCCC(=O)ON1C(=O)CCC1=O. The van der Waals surface area contributed by atoms with Gasteiger partial charge in [0, 0.05) is 32.3 Å². The van der Waals surface area contributed by atoms with E-state index >= 15 is 0 Å². The summed E-state index contributed by atoms with van der Waals surface area (Å²) in [5, 5.41) is 10.8. The van der Waals surface area contributed by atoms with E-state index in [1.165, 1.54) is 0 Å². The Morgan fingerprint density at radius 1 is 0.842 bits per heavy atom. The molecule has 2 heterocycles. The molecule has 2 aliphatic heterocycles. The van der Waals surface area contributed by atoms with E-state index in [4.69, 9.17) is 23.9 Å². The molecule has 2 fully saturated rings. The molecule has 3 amide bonds. The molecule has 2 aliphatic rings. The molecule has 0 spiro atoms. The van der Waals surface area contributed by atoms with Crippen LogP contribution in [0.5, 0.6) is 0 Å². The lowest BCUT2D eigenvalue weighted by Crippen LogP contribution is -2.35. The van der Waals surface area contributed by atoms with Crippen LogP contribution in [0.1, 0.15) is 85.5 Å². The van der Waals surface area contributed by atoms with Crippen molar-refractivity contribution in [2.75, 3.05) is 26.4 Å². The molecule has 0 bridgehead atoms. The van der Waals surface area contributed by atoms with Gasteiger partial charge in [-0.05, 0) is 40.0 Å². The molecule has 13 nitrogen and oxygen atoms in total. The van der Waals surface area contributed by atoms with Crippen molar-refractivity contribution in [3.05, 3.63) is 0 Å². The molecule has 0 aromatic rings. The van der Waals surface area contributed by atoms with Gasteiger partial charge in [0.25, 0.3) is 17.7 Å². The van der Waals surface area contributed by atoms with Crippen molar-refractivity contribution < 1.29 is 53.0 Å². The van der Waals surface area contributed by atoms with E-state index in [2.05, 4.69) is 0 Å². The predicted octanol–water partition coefficient (Wildman–Crippen LogP) is 1.55. The molecule has 2 atom stereocenters. The van der Waals surface area contributed by atoms with E-state index < -0.39 is 47.1 Å². The van der Waals surface area contributed by atoms with Gasteiger partial charge >= 0.3 is 11.9 Å². The third-order valence-corrected chi connectivity index (χ3v) is 6.46. The molecule has 13 heteroatoms. The molecule has 216 valence electrons. The zero-order chi connectivity index (χ0) is 28.3. The van der Waals surface area contributed by atoms with E-state index in [-0.39, 0.29) is 51.7 Å². The van der Waals surface area contributed by atoms with Crippen molar-refractivity contribution >= 4 is 29.7 Å². The van der Waals surface area contributed by atoms with Crippen LogP contribution in [0.2, 0.25) is 0 Å². The van der Waals surface area contributed by atoms with E-state index in [0.717, 1.165) is 0 Å². The fourth-order valence-electron chi connectivity index (χ4n) is 3.64. The van der Waals surface area contributed by atoms with Crippen molar-refractivity contribution in [2.24, 2.45) is 0 Å². The van der Waals surface area contributed by atoms with Gasteiger partial charge in [-0.2, -0.15) is 0 Å². The molecule has 0 saturated carbocycles. The summed E-state index contributed by atoms with van der Waals surface area (Å²) in [4.78, 5) is 68.1. The van der Waals surface area contributed by atoms with Crippen LogP contribution in [-0.4, -0.2) is 88.8 Å². The summed E-state index contributed by atoms with van der Waals surface area (Å²) in [6.07, 6.45) is 1.02. The summed E-state index contributed by atoms with van der Waals surface area (Å²) < 4.78 is 17.4. The third-order valence-electron chi connectivity index (χ3n) is 6.46. The minimum Gasteiger partial charge on any atom is -0.381 e. The van der Waals surface area contributed by atoms with Crippen molar-refractivity contribution in [3.8, 4) is 0 Å². The van der Waals surface area contributed by atoms with Crippen molar-refractivity contribution in [3.63, 3.8) is 0 Å². The number of nitrogens with zero attached hydrogens (tertiary/aromatic N) is 2. The monoisotopic (exact) mass is 544 g/mol. The topological polar surface area (TPSA) is 158 Å². The van der Waals surface area contributed by atoms with Gasteiger partial charge in [-0.15, -0.1) is 10.1 Å². The van der Waals surface area contributed by atoms with Crippen LogP contribution in [0.25, 0.3) is 0 Å². The second kappa shape index (κ2) is 14.5. The maximum absolute atomic E-state index is 12.0. The molecule has 0 radical (unpaired) electrons. The number of ether oxygens (including phenoxy) is 3. The molecule has 2 unspecified atom stereocenters. The Labute approximate surface area is 222 Å². The van der Waals surface area contributed by atoms with Crippen LogP contribution >= 0.6 is 0 Å². The minimum absolute atomic E-state index is 0.0431. The number of amides is 3. The first-order valence-electron chi connectivity index (χ1n) is 13.0. The number of carbonyl (C=O) groups is 5. The highest BCUT2D eigenvalue weighted by Gasteiger charge is 2.34. The average Bonchev–Trinajstić information content (AvgIpc) is 3.33. The molecule has 0 aromatic carbocycles. The van der Waals surface area contributed by atoms with Gasteiger partial charge in [0.05, 0.1) is 43.9 Å². The molecule has 0 aromatic heterocycles. The number of carbonyl (C=O) groups excluding carboxylic acids is 5. The zero-order valence-electron chi connectivity index (χ0n) is 22.7. The van der Waals surface area contributed by atoms with Crippen molar-refractivity contribution in [2.45, 2.75) is 103 Å². The molecular weight excluding hydrogens is 504 g/mol. The molecule has 0 aliphatic carbocycles. The molecule has 1 N–H and O–H groups in total. The van der Waals surface area contributed by atoms with Crippen LogP contribution in [0.15, 0.2) is 0 Å². The Morgan fingerprint density at radius 2 is 1.47 bits per heavy atom. The number of hydroxylamine groups is 4. The van der Waals surface area contributed by atoms with Crippen LogP contribution in [-0.2, 0) is 47.9 Å². The number of hydrogen-bond acceptors (Lipinski definition) is 11. The number of aliphatic hydroxyl groups excluding tert-OH is 1. The fraction of sp³-hybridized carbons (Fsp3) is 0.800. The highest BCUT2D eigenvalue weighted by molar-refractivity contribution is 6.01. The lowest BCUT2D eigenvalue weighted by molar-refractivity contribution is -0.221. The van der Waals surface area contributed by atoms with Crippen LogP contribution in [0, 0.1) is 0 Å². The maximum atomic E-state index is 12.0. The summed E-state index contributed by atoms with van der Waals surface area (Å²) in [6, 6.07) is 0. The summed E-state index contributed by atoms with van der Waals surface area (Å²) >= 11 is 0. The summed E-state index contributed by atoms with van der Waals surface area (Å²) in [5.41, 5.74) is -1.04. The number of rotatable bonds is 17. The second-order valence-corrected chi connectivity index (χ2v) is 10.1. The number of hydrogen-bond donors (Lipinski definition) is 1. The van der Waals surface area contributed by atoms with Gasteiger partial charge in [0.2, 0.25) is 0 Å². The Hall–Kier alpha value is -2.61. The van der Waals surface area contributed by atoms with Crippen molar-refractivity contribution in [1.29, 1.82) is 0 Å². The Bertz CT molecular complexity index is 846. The maximum Gasteiger partial charge on any atom is 0.335 e. The van der Waals surface area contributed by atoms with Crippen molar-refractivity contribution in [1.82, 2.24) is 10.1 Å². The lowest BCUT2D eigenvalue weighted by Gasteiger charge is -2.31. The minimum atomic E-state index is -1.10. The normalized spacial score (nSPS) is 19.7. The van der Waals surface area contributed by atoms with Gasteiger partial charge in [-0.1, -0.05) is 6.92 Å². The van der Waals surface area contributed by atoms with E-state index in [0.29, 0.717) is 42.6 Å². The van der Waals surface area contributed by atoms with E-state index in [1.54, 1.807) is 0 Å². The first-order valence-corrected chi connectivity index (χ1v) is 13.0. The van der Waals surface area contributed by atoms with E-state index in [9.17, 15) is 29.1 Å². The third kappa shape index (κ3) is 10.3. The van der Waals surface area contributed by atoms with E-state index in [1.807, 2.05) is 27.7 Å². The highest BCUT2D eigenvalue weighted by Crippen LogP contribution is 2.23. The summed E-state index contributed by atoms with van der Waals surface area (Å²) in [5.74, 6) is -2.83. The zero-order valence-corrected chi connectivity index (χ0v) is 22.7. The quantitative estimate of drug-likeness (QED) is 0.209. The molecule has 38 heavy (non-hydrogen) atoms.